The van der Waals surface area contributed by atoms with Crippen molar-refractivity contribution in [1.82, 2.24) is 9.55 Å². The Labute approximate surface area is 78.6 Å². The summed E-state index contributed by atoms with van der Waals surface area (Å²) >= 11 is 5.81. The van der Waals surface area contributed by atoms with Gasteiger partial charge < -0.3 is 4.57 Å². The zero-order valence-electron chi connectivity index (χ0n) is 7.63. The van der Waals surface area contributed by atoms with E-state index in [4.69, 9.17) is 11.6 Å². The van der Waals surface area contributed by atoms with Gasteiger partial charge in [0.15, 0.2) is 0 Å². The molecule has 68 valence electrons. The number of imidazole rings is 1. The highest BCUT2D eigenvalue weighted by Crippen LogP contribution is 2.12. The van der Waals surface area contributed by atoms with Crippen LogP contribution in [0.3, 0.4) is 0 Å². The summed E-state index contributed by atoms with van der Waals surface area (Å²) in [5, 5.41) is 0. The summed E-state index contributed by atoms with van der Waals surface area (Å²) in [6.07, 6.45) is 5.91. The summed E-state index contributed by atoms with van der Waals surface area (Å²) in [5.74, 6) is 1.32. The lowest BCUT2D eigenvalue weighted by Crippen LogP contribution is -2.07. The number of rotatable bonds is 4. The topological polar surface area (TPSA) is 17.8 Å². The minimum atomic E-state index is 0.585. The molecular weight excluding hydrogens is 172 g/mol. The van der Waals surface area contributed by atoms with Crippen LogP contribution in [0.5, 0.6) is 0 Å². The fourth-order valence-corrected chi connectivity index (χ4v) is 1.51. The van der Waals surface area contributed by atoms with Crippen molar-refractivity contribution in [1.29, 1.82) is 0 Å². The molecule has 0 saturated heterocycles. The van der Waals surface area contributed by atoms with Gasteiger partial charge in [-0.15, -0.1) is 11.6 Å². The Balaban J connectivity index is 2.56. The first-order valence-corrected chi connectivity index (χ1v) is 4.82. The second-order valence-corrected chi connectivity index (χ2v) is 3.44. The van der Waals surface area contributed by atoms with E-state index in [1.165, 1.54) is 5.69 Å². The highest BCUT2D eigenvalue weighted by Gasteiger charge is 2.07. The van der Waals surface area contributed by atoms with Crippen LogP contribution >= 0.6 is 11.6 Å². The average Bonchev–Trinajstić information content (AvgIpc) is 2.47. The molecule has 0 spiro atoms. The molecule has 0 aromatic carbocycles. The molecule has 1 rings (SSSR count). The summed E-state index contributed by atoms with van der Waals surface area (Å²) in [4.78, 5) is 4.06. The van der Waals surface area contributed by atoms with Gasteiger partial charge in [0.2, 0.25) is 0 Å². The van der Waals surface area contributed by atoms with Crippen molar-refractivity contribution in [3.63, 3.8) is 0 Å². The van der Waals surface area contributed by atoms with Crippen LogP contribution in [0.15, 0.2) is 12.5 Å². The molecule has 1 unspecified atom stereocenters. The molecule has 0 saturated carbocycles. The third kappa shape index (κ3) is 2.24. The molecule has 1 atom stereocenters. The molecular formula is C9H15ClN2. The molecule has 1 aromatic heterocycles. The van der Waals surface area contributed by atoms with Crippen molar-refractivity contribution in [2.45, 2.75) is 19.8 Å². The first-order chi connectivity index (χ1) is 5.77. The van der Waals surface area contributed by atoms with Gasteiger partial charge in [0.1, 0.15) is 0 Å². The monoisotopic (exact) mass is 186 g/mol. The van der Waals surface area contributed by atoms with Crippen LogP contribution in [0, 0.1) is 5.92 Å². The zero-order chi connectivity index (χ0) is 8.97. The van der Waals surface area contributed by atoms with Crippen LogP contribution in [0.4, 0.5) is 0 Å². The number of aromatic nitrogens is 2. The summed E-state index contributed by atoms with van der Waals surface area (Å²) in [5.41, 5.74) is 1.27. The quantitative estimate of drug-likeness (QED) is 0.660. The standard InChI is InChI=1S/C9H15ClN2/c1-3-8(5-10)4-9-6-11-7-12(9)2/h6-8H,3-5H2,1-2H3. The van der Waals surface area contributed by atoms with Gasteiger partial charge >= 0.3 is 0 Å². The minimum absolute atomic E-state index is 0.585. The van der Waals surface area contributed by atoms with Crippen molar-refractivity contribution in [3.05, 3.63) is 18.2 Å². The fourth-order valence-electron chi connectivity index (χ4n) is 1.19. The molecule has 1 aromatic rings. The first-order valence-electron chi connectivity index (χ1n) is 4.29. The molecule has 2 nitrogen and oxygen atoms in total. The van der Waals surface area contributed by atoms with Gasteiger partial charge in [-0.05, 0) is 12.3 Å². The number of halogens is 1. The number of nitrogens with zero attached hydrogens (tertiary/aromatic N) is 2. The molecule has 1 heterocycles. The predicted molar refractivity (Wildman–Crippen MR) is 51.4 cm³/mol. The van der Waals surface area contributed by atoms with Gasteiger partial charge in [-0.3, -0.25) is 0 Å². The lowest BCUT2D eigenvalue weighted by molar-refractivity contribution is 0.548. The first kappa shape index (κ1) is 9.59. The van der Waals surface area contributed by atoms with Crippen molar-refractivity contribution in [2.75, 3.05) is 5.88 Å². The van der Waals surface area contributed by atoms with Crippen LogP contribution in [0.1, 0.15) is 19.0 Å². The van der Waals surface area contributed by atoms with Crippen LogP contribution in [0.25, 0.3) is 0 Å². The maximum atomic E-state index is 5.81. The van der Waals surface area contributed by atoms with E-state index in [1.807, 2.05) is 19.6 Å². The Morgan fingerprint density at radius 2 is 2.42 bits per heavy atom. The SMILES string of the molecule is CCC(CCl)Cc1cncn1C. The fraction of sp³-hybridized carbons (Fsp3) is 0.667. The van der Waals surface area contributed by atoms with Gasteiger partial charge in [-0.2, -0.15) is 0 Å². The number of hydrogen-bond acceptors (Lipinski definition) is 1. The van der Waals surface area contributed by atoms with Gasteiger partial charge in [0.25, 0.3) is 0 Å². The molecule has 0 N–H and O–H groups in total. The smallest absolute Gasteiger partial charge is 0.0945 e. The lowest BCUT2D eigenvalue weighted by atomic mass is 10.0. The van der Waals surface area contributed by atoms with Crippen LogP contribution in [-0.2, 0) is 13.5 Å². The summed E-state index contributed by atoms with van der Waals surface area (Å²) in [6.45, 7) is 2.17. The molecule has 0 amide bonds. The van der Waals surface area contributed by atoms with Crippen molar-refractivity contribution < 1.29 is 0 Å². The molecule has 0 bridgehead atoms. The normalized spacial score (nSPS) is 13.2. The molecule has 0 fully saturated rings. The largest absolute Gasteiger partial charge is 0.338 e. The maximum Gasteiger partial charge on any atom is 0.0945 e. The van der Waals surface area contributed by atoms with E-state index in [0.717, 1.165) is 18.7 Å². The maximum absolute atomic E-state index is 5.81. The van der Waals surface area contributed by atoms with E-state index in [9.17, 15) is 0 Å². The van der Waals surface area contributed by atoms with Gasteiger partial charge in [0.05, 0.1) is 6.33 Å². The summed E-state index contributed by atoms with van der Waals surface area (Å²) in [6, 6.07) is 0. The molecule has 0 aliphatic rings. The lowest BCUT2D eigenvalue weighted by Gasteiger charge is -2.10. The highest BCUT2D eigenvalue weighted by molar-refractivity contribution is 6.18. The van der Waals surface area contributed by atoms with Crippen LogP contribution < -0.4 is 0 Å². The van der Waals surface area contributed by atoms with E-state index in [0.29, 0.717) is 5.92 Å². The van der Waals surface area contributed by atoms with Crippen molar-refractivity contribution >= 4 is 11.6 Å². The van der Waals surface area contributed by atoms with Crippen LogP contribution in [-0.4, -0.2) is 15.4 Å². The zero-order valence-corrected chi connectivity index (χ0v) is 8.38. The summed E-state index contributed by atoms with van der Waals surface area (Å²) in [7, 11) is 2.02. The van der Waals surface area contributed by atoms with E-state index < -0.39 is 0 Å². The number of aryl methyl sites for hydroxylation is 1. The van der Waals surface area contributed by atoms with Crippen molar-refractivity contribution in [2.24, 2.45) is 13.0 Å². The van der Waals surface area contributed by atoms with Crippen LogP contribution in [0.2, 0.25) is 0 Å². The van der Waals surface area contributed by atoms with Gasteiger partial charge in [-0.1, -0.05) is 13.3 Å². The van der Waals surface area contributed by atoms with Gasteiger partial charge in [0, 0.05) is 24.8 Å². The highest BCUT2D eigenvalue weighted by atomic mass is 35.5. The Hall–Kier alpha value is -0.500. The van der Waals surface area contributed by atoms with Gasteiger partial charge in [-0.25, -0.2) is 4.98 Å². The molecule has 12 heavy (non-hydrogen) atoms. The second-order valence-electron chi connectivity index (χ2n) is 3.13. The third-order valence-electron chi connectivity index (χ3n) is 2.21. The Morgan fingerprint density at radius 3 is 2.83 bits per heavy atom. The predicted octanol–water partition coefficient (Wildman–Crippen LogP) is 2.23. The Bertz CT molecular complexity index is 228. The number of hydrogen-bond donors (Lipinski definition) is 0. The summed E-state index contributed by atoms with van der Waals surface area (Å²) < 4.78 is 2.05. The molecule has 3 heteroatoms. The third-order valence-corrected chi connectivity index (χ3v) is 2.65. The van der Waals surface area contributed by atoms with E-state index in [-0.39, 0.29) is 0 Å². The van der Waals surface area contributed by atoms with E-state index in [1.54, 1.807) is 0 Å². The molecule has 0 aliphatic carbocycles. The van der Waals surface area contributed by atoms with E-state index in [2.05, 4.69) is 16.5 Å². The average molecular weight is 187 g/mol. The number of alkyl halides is 1. The Kier molecular flexibility index (Phi) is 3.60. The Morgan fingerprint density at radius 1 is 1.67 bits per heavy atom. The van der Waals surface area contributed by atoms with E-state index >= 15 is 0 Å². The second kappa shape index (κ2) is 4.51. The molecule has 0 radical (unpaired) electrons. The minimum Gasteiger partial charge on any atom is -0.338 e. The molecule has 0 aliphatic heterocycles. The van der Waals surface area contributed by atoms with Crippen molar-refractivity contribution in [3.8, 4) is 0 Å².